The highest BCUT2D eigenvalue weighted by atomic mass is 16.5. The van der Waals surface area contributed by atoms with E-state index in [9.17, 15) is 4.79 Å². The molecule has 0 saturated carbocycles. The lowest BCUT2D eigenvalue weighted by atomic mass is 10.2. The van der Waals surface area contributed by atoms with Crippen LogP contribution in [0.5, 0.6) is 5.88 Å². The summed E-state index contributed by atoms with van der Waals surface area (Å²) in [5.41, 5.74) is 0.941. The summed E-state index contributed by atoms with van der Waals surface area (Å²) in [4.78, 5) is 15.2. The van der Waals surface area contributed by atoms with Gasteiger partial charge in [0, 0.05) is 25.4 Å². The molecule has 0 atom stereocenters. The molecular formula is C11H16N2O3. The zero-order chi connectivity index (χ0) is 11.8. The Morgan fingerprint density at radius 2 is 2.38 bits per heavy atom. The average Bonchev–Trinajstić information content (AvgIpc) is 2.34. The van der Waals surface area contributed by atoms with Crippen molar-refractivity contribution in [1.29, 1.82) is 0 Å². The first-order chi connectivity index (χ1) is 7.76. The van der Waals surface area contributed by atoms with Gasteiger partial charge in [0.25, 0.3) is 0 Å². The molecule has 1 aromatic heterocycles. The van der Waals surface area contributed by atoms with Gasteiger partial charge >= 0.3 is 0 Å². The van der Waals surface area contributed by atoms with Gasteiger partial charge in [-0.2, -0.15) is 0 Å². The van der Waals surface area contributed by atoms with Gasteiger partial charge in [0.05, 0.1) is 7.11 Å². The molecule has 0 aliphatic carbocycles. The van der Waals surface area contributed by atoms with Gasteiger partial charge in [-0.05, 0) is 18.6 Å². The maximum atomic E-state index is 11.2. The molecule has 5 nitrogen and oxygen atoms in total. The SMILES string of the molecule is CCOCC(=O)NCc1ccnc(OC)c1. The van der Waals surface area contributed by atoms with Crippen LogP contribution in [0, 0.1) is 0 Å². The molecule has 1 aromatic rings. The number of aromatic nitrogens is 1. The topological polar surface area (TPSA) is 60.5 Å². The van der Waals surface area contributed by atoms with E-state index in [-0.39, 0.29) is 12.5 Å². The number of rotatable bonds is 6. The van der Waals surface area contributed by atoms with Gasteiger partial charge in [0.2, 0.25) is 11.8 Å². The van der Waals surface area contributed by atoms with Crippen molar-refractivity contribution >= 4 is 5.91 Å². The standard InChI is InChI=1S/C11H16N2O3/c1-3-16-8-10(14)13-7-9-4-5-12-11(6-9)15-2/h4-6H,3,7-8H2,1-2H3,(H,13,14). The van der Waals surface area contributed by atoms with E-state index < -0.39 is 0 Å². The first-order valence-electron chi connectivity index (χ1n) is 5.09. The smallest absolute Gasteiger partial charge is 0.246 e. The van der Waals surface area contributed by atoms with Gasteiger partial charge in [-0.1, -0.05) is 0 Å². The summed E-state index contributed by atoms with van der Waals surface area (Å²) in [5.74, 6) is 0.411. The molecule has 1 rings (SSSR count). The number of amides is 1. The number of pyridine rings is 1. The van der Waals surface area contributed by atoms with Crippen LogP contribution >= 0.6 is 0 Å². The molecule has 0 saturated heterocycles. The summed E-state index contributed by atoms with van der Waals surface area (Å²) in [7, 11) is 1.56. The second kappa shape index (κ2) is 6.79. The maximum absolute atomic E-state index is 11.2. The quantitative estimate of drug-likeness (QED) is 0.774. The summed E-state index contributed by atoms with van der Waals surface area (Å²) in [5, 5.41) is 2.74. The summed E-state index contributed by atoms with van der Waals surface area (Å²) >= 11 is 0. The third-order valence-electron chi connectivity index (χ3n) is 1.94. The largest absolute Gasteiger partial charge is 0.481 e. The van der Waals surface area contributed by atoms with Gasteiger partial charge < -0.3 is 14.8 Å². The van der Waals surface area contributed by atoms with Gasteiger partial charge in [-0.25, -0.2) is 4.98 Å². The van der Waals surface area contributed by atoms with Crippen LogP contribution in [0.3, 0.4) is 0 Å². The molecule has 0 spiro atoms. The number of methoxy groups -OCH3 is 1. The molecule has 0 aliphatic heterocycles. The Morgan fingerprint density at radius 3 is 3.06 bits per heavy atom. The maximum Gasteiger partial charge on any atom is 0.246 e. The van der Waals surface area contributed by atoms with E-state index in [1.165, 1.54) is 0 Å². The lowest BCUT2D eigenvalue weighted by Gasteiger charge is -2.06. The number of carbonyl (C=O) groups is 1. The van der Waals surface area contributed by atoms with Crippen LogP contribution in [0.4, 0.5) is 0 Å². The van der Waals surface area contributed by atoms with Crippen molar-refractivity contribution in [1.82, 2.24) is 10.3 Å². The Morgan fingerprint density at radius 1 is 1.56 bits per heavy atom. The zero-order valence-corrected chi connectivity index (χ0v) is 9.53. The Balaban J connectivity index is 2.38. The molecule has 0 unspecified atom stereocenters. The number of nitrogens with one attached hydrogen (secondary N) is 1. The summed E-state index contributed by atoms with van der Waals surface area (Å²) in [6.45, 7) is 2.93. The van der Waals surface area contributed by atoms with Crippen molar-refractivity contribution < 1.29 is 14.3 Å². The molecule has 0 aliphatic rings. The first-order valence-corrected chi connectivity index (χ1v) is 5.09. The van der Waals surface area contributed by atoms with Crippen molar-refractivity contribution in [3.05, 3.63) is 23.9 Å². The fraction of sp³-hybridized carbons (Fsp3) is 0.455. The van der Waals surface area contributed by atoms with Crippen molar-refractivity contribution in [3.63, 3.8) is 0 Å². The zero-order valence-electron chi connectivity index (χ0n) is 9.53. The van der Waals surface area contributed by atoms with Crippen molar-refractivity contribution in [3.8, 4) is 5.88 Å². The van der Waals surface area contributed by atoms with Gasteiger partial charge in [0.15, 0.2) is 0 Å². The minimum atomic E-state index is -0.127. The normalized spacial score (nSPS) is 9.88. The predicted molar refractivity (Wildman–Crippen MR) is 59.1 cm³/mol. The van der Waals surface area contributed by atoms with Crippen LogP contribution in [-0.4, -0.2) is 31.2 Å². The van der Waals surface area contributed by atoms with Gasteiger partial charge in [-0.15, -0.1) is 0 Å². The second-order valence-corrected chi connectivity index (χ2v) is 3.12. The Kier molecular flexibility index (Phi) is 5.28. The van der Waals surface area contributed by atoms with E-state index in [1.807, 2.05) is 13.0 Å². The van der Waals surface area contributed by atoms with E-state index in [0.717, 1.165) is 5.56 Å². The van der Waals surface area contributed by atoms with Crippen LogP contribution in [0.2, 0.25) is 0 Å². The molecule has 1 N–H and O–H groups in total. The van der Waals surface area contributed by atoms with Gasteiger partial charge in [0.1, 0.15) is 6.61 Å². The third kappa shape index (κ3) is 4.27. The van der Waals surface area contributed by atoms with E-state index in [2.05, 4.69) is 10.3 Å². The molecule has 5 heteroatoms. The summed E-state index contributed by atoms with van der Waals surface area (Å²) < 4.78 is 9.96. The predicted octanol–water partition coefficient (Wildman–Crippen LogP) is 0.743. The van der Waals surface area contributed by atoms with Crippen molar-refractivity contribution in [2.75, 3.05) is 20.3 Å². The molecule has 0 bridgehead atoms. The number of carbonyl (C=O) groups excluding carboxylic acids is 1. The number of nitrogens with zero attached hydrogens (tertiary/aromatic N) is 1. The molecule has 1 amide bonds. The monoisotopic (exact) mass is 224 g/mol. The van der Waals surface area contributed by atoms with Crippen LogP contribution in [0.15, 0.2) is 18.3 Å². The second-order valence-electron chi connectivity index (χ2n) is 3.12. The Labute approximate surface area is 94.8 Å². The molecule has 16 heavy (non-hydrogen) atoms. The number of hydrogen-bond donors (Lipinski definition) is 1. The molecule has 0 fully saturated rings. The molecule has 0 radical (unpaired) electrons. The summed E-state index contributed by atoms with van der Waals surface area (Å²) in [6.07, 6.45) is 1.64. The Bertz CT molecular complexity index is 342. The lowest BCUT2D eigenvalue weighted by molar-refractivity contribution is -0.125. The highest BCUT2D eigenvalue weighted by Crippen LogP contribution is 2.07. The van der Waals surface area contributed by atoms with E-state index >= 15 is 0 Å². The van der Waals surface area contributed by atoms with Crippen LogP contribution in [0.25, 0.3) is 0 Å². The highest BCUT2D eigenvalue weighted by molar-refractivity contribution is 5.77. The van der Waals surface area contributed by atoms with E-state index in [0.29, 0.717) is 19.0 Å². The molecule has 88 valence electrons. The molecule has 0 aromatic carbocycles. The average molecular weight is 224 g/mol. The van der Waals surface area contributed by atoms with Crippen molar-refractivity contribution in [2.24, 2.45) is 0 Å². The third-order valence-corrected chi connectivity index (χ3v) is 1.94. The minimum absolute atomic E-state index is 0.0960. The van der Waals surface area contributed by atoms with Crippen LogP contribution in [0.1, 0.15) is 12.5 Å². The van der Waals surface area contributed by atoms with Gasteiger partial charge in [-0.3, -0.25) is 4.79 Å². The fourth-order valence-corrected chi connectivity index (χ4v) is 1.12. The number of hydrogen-bond acceptors (Lipinski definition) is 4. The fourth-order valence-electron chi connectivity index (χ4n) is 1.12. The molecule has 1 heterocycles. The lowest BCUT2D eigenvalue weighted by Crippen LogP contribution is -2.27. The minimum Gasteiger partial charge on any atom is -0.481 e. The van der Waals surface area contributed by atoms with Crippen LogP contribution < -0.4 is 10.1 Å². The molecular weight excluding hydrogens is 208 g/mol. The van der Waals surface area contributed by atoms with E-state index in [4.69, 9.17) is 9.47 Å². The summed E-state index contributed by atoms with van der Waals surface area (Å²) in [6, 6.07) is 3.60. The van der Waals surface area contributed by atoms with Crippen molar-refractivity contribution in [2.45, 2.75) is 13.5 Å². The Hall–Kier alpha value is -1.62. The first kappa shape index (κ1) is 12.4. The van der Waals surface area contributed by atoms with Crippen LogP contribution in [-0.2, 0) is 16.1 Å². The highest BCUT2D eigenvalue weighted by Gasteiger charge is 2.01. The van der Waals surface area contributed by atoms with E-state index in [1.54, 1.807) is 19.4 Å². The number of ether oxygens (including phenoxy) is 2.